The second-order valence-corrected chi connectivity index (χ2v) is 4.99. The summed E-state index contributed by atoms with van der Waals surface area (Å²) in [5.41, 5.74) is 1.60. The van der Waals surface area contributed by atoms with Gasteiger partial charge in [-0.3, -0.25) is 9.59 Å². The predicted molar refractivity (Wildman–Crippen MR) is 73.4 cm³/mol. The minimum absolute atomic E-state index is 0.134. The van der Waals surface area contributed by atoms with Crippen LogP contribution >= 0.6 is 0 Å². The largest absolute Gasteiger partial charge is 0.325 e. The summed E-state index contributed by atoms with van der Waals surface area (Å²) in [7, 11) is 0. The van der Waals surface area contributed by atoms with Gasteiger partial charge in [-0.15, -0.1) is 0 Å². The number of nitrogens with one attached hydrogen (secondary N) is 1. The summed E-state index contributed by atoms with van der Waals surface area (Å²) in [5.74, 6) is -1.99. The molecule has 4 heteroatoms. The zero-order valence-corrected chi connectivity index (χ0v) is 11.4. The van der Waals surface area contributed by atoms with Crippen LogP contribution in [0.15, 0.2) is 24.3 Å². The van der Waals surface area contributed by atoms with Crippen molar-refractivity contribution in [2.45, 2.75) is 27.2 Å². The average molecular weight is 258 g/mol. The molecule has 19 heavy (non-hydrogen) atoms. The molecule has 0 aliphatic rings. The van der Waals surface area contributed by atoms with Gasteiger partial charge in [0.2, 0.25) is 5.91 Å². The number of nitrogens with zero attached hydrogens (tertiary/aromatic N) is 1. The van der Waals surface area contributed by atoms with E-state index in [0.717, 1.165) is 5.56 Å². The second-order valence-electron chi connectivity index (χ2n) is 4.99. The van der Waals surface area contributed by atoms with E-state index in [2.05, 4.69) is 5.32 Å². The van der Waals surface area contributed by atoms with Crippen LogP contribution in [0.25, 0.3) is 0 Å². The van der Waals surface area contributed by atoms with Crippen molar-refractivity contribution in [3.63, 3.8) is 0 Å². The summed E-state index contributed by atoms with van der Waals surface area (Å²) in [6.45, 7) is 5.66. The van der Waals surface area contributed by atoms with Gasteiger partial charge in [0.05, 0.1) is 6.07 Å². The van der Waals surface area contributed by atoms with Gasteiger partial charge < -0.3 is 5.32 Å². The first-order valence-electron chi connectivity index (χ1n) is 6.24. The summed E-state index contributed by atoms with van der Waals surface area (Å²) in [6, 6.07) is 9.01. The molecule has 0 aromatic heterocycles. The van der Waals surface area contributed by atoms with Gasteiger partial charge in [-0.2, -0.15) is 5.26 Å². The lowest BCUT2D eigenvalue weighted by atomic mass is 9.96. The van der Waals surface area contributed by atoms with Gasteiger partial charge in [0.15, 0.2) is 11.7 Å². The number of aryl methyl sites for hydroxylation is 1. The van der Waals surface area contributed by atoms with Gasteiger partial charge in [-0.25, -0.2) is 0 Å². The fraction of sp³-hybridized carbons (Fsp3) is 0.400. The molecule has 0 fully saturated rings. The van der Waals surface area contributed by atoms with Gasteiger partial charge in [-0.1, -0.05) is 26.0 Å². The Hall–Kier alpha value is -2.15. The SMILES string of the molecule is Cc1cccc(NC(=O)C(C#N)C(=O)CC(C)C)c1. The minimum atomic E-state index is -1.23. The standard InChI is InChI=1S/C15H18N2O2/c1-10(2)7-14(18)13(9-16)15(19)17-12-6-4-5-11(3)8-12/h4-6,8,10,13H,7H2,1-3H3,(H,17,19). The number of hydrogen-bond donors (Lipinski definition) is 1. The number of benzene rings is 1. The highest BCUT2D eigenvalue weighted by molar-refractivity contribution is 6.09. The van der Waals surface area contributed by atoms with Crippen LogP contribution in [0.2, 0.25) is 0 Å². The van der Waals surface area contributed by atoms with E-state index < -0.39 is 11.8 Å². The van der Waals surface area contributed by atoms with Gasteiger partial charge in [0, 0.05) is 12.1 Å². The van der Waals surface area contributed by atoms with Crippen molar-refractivity contribution in [3.8, 4) is 6.07 Å². The van der Waals surface area contributed by atoms with Gasteiger partial charge in [0.1, 0.15) is 0 Å². The number of nitriles is 1. The number of Topliss-reactive ketones (excluding diaryl/α,β-unsaturated/α-hetero) is 1. The molecular weight excluding hydrogens is 240 g/mol. The molecule has 1 rings (SSSR count). The lowest BCUT2D eigenvalue weighted by Crippen LogP contribution is -2.29. The highest BCUT2D eigenvalue weighted by atomic mass is 16.2. The molecule has 100 valence electrons. The van der Waals surface area contributed by atoms with Crippen LogP contribution in [0.5, 0.6) is 0 Å². The first-order valence-corrected chi connectivity index (χ1v) is 6.24. The Labute approximate surface area is 113 Å². The van der Waals surface area contributed by atoms with Gasteiger partial charge in [0.25, 0.3) is 0 Å². The minimum Gasteiger partial charge on any atom is -0.325 e. The number of carbonyl (C=O) groups is 2. The zero-order valence-electron chi connectivity index (χ0n) is 11.4. The van der Waals surface area contributed by atoms with Crippen LogP contribution in [0.4, 0.5) is 5.69 Å². The maximum absolute atomic E-state index is 11.9. The summed E-state index contributed by atoms with van der Waals surface area (Å²) < 4.78 is 0. The Morgan fingerprint density at radius 3 is 2.58 bits per heavy atom. The van der Waals surface area contributed by atoms with Crippen LogP contribution in [-0.2, 0) is 9.59 Å². The van der Waals surface area contributed by atoms with Crippen LogP contribution in [0, 0.1) is 30.1 Å². The van der Waals surface area contributed by atoms with E-state index in [9.17, 15) is 9.59 Å². The maximum atomic E-state index is 11.9. The van der Waals surface area contributed by atoms with E-state index in [4.69, 9.17) is 5.26 Å². The number of carbonyl (C=O) groups excluding carboxylic acids is 2. The fourth-order valence-electron chi connectivity index (χ4n) is 1.73. The van der Waals surface area contributed by atoms with Crippen LogP contribution in [-0.4, -0.2) is 11.7 Å². The third-order valence-electron chi connectivity index (χ3n) is 2.61. The molecule has 0 aliphatic carbocycles. The number of amides is 1. The van der Waals surface area contributed by atoms with Crippen LogP contribution in [0.1, 0.15) is 25.8 Å². The highest BCUT2D eigenvalue weighted by Crippen LogP contribution is 2.13. The maximum Gasteiger partial charge on any atom is 0.249 e. The number of anilines is 1. The molecule has 0 saturated carbocycles. The molecule has 1 aromatic carbocycles. The quantitative estimate of drug-likeness (QED) is 0.825. The number of ketones is 1. The number of hydrogen-bond acceptors (Lipinski definition) is 3. The van der Waals surface area contributed by atoms with Crippen molar-refractivity contribution >= 4 is 17.4 Å². The smallest absolute Gasteiger partial charge is 0.249 e. The van der Waals surface area contributed by atoms with E-state index in [1.54, 1.807) is 18.2 Å². The third kappa shape index (κ3) is 4.55. The zero-order chi connectivity index (χ0) is 14.4. The molecule has 0 saturated heterocycles. The molecule has 0 radical (unpaired) electrons. The Morgan fingerprint density at radius 2 is 2.05 bits per heavy atom. The van der Waals surface area contributed by atoms with Gasteiger partial charge >= 0.3 is 0 Å². The van der Waals surface area contributed by atoms with Crippen molar-refractivity contribution in [2.24, 2.45) is 11.8 Å². The molecule has 0 bridgehead atoms. The van der Waals surface area contributed by atoms with Crippen molar-refractivity contribution in [3.05, 3.63) is 29.8 Å². The molecule has 0 spiro atoms. The molecule has 1 N–H and O–H groups in total. The van der Waals surface area contributed by atoms with E-state index in [-0.39, 0.29) is 18.1 Å². The summed E-state index contributed by atoms with van der Waals surface area (Å²) in [4.78, 5) is 23.7. The Morgan fingerprint density at radius 1 is 1.37 bits per heavy atom. The van der Waals surface area contributed by atoms with E-state index in [0.29, 0.717) is 5.69 Å². The Balaban J connectivity index is 2.75. The lowest BCUT2D eigenvalue weighted by Gasteiger charge is -2.11. The van der Waals surface area contributed by atoms with Crippen molar-refractivity contribution in [1.29, 1.82) is 5.26 Å². The molecular formula is C15H18N2O2. The van der Waals surface area contributed by atoms with Crippen LogP contribution in [0.3, 0.4) is 0 Å². The molecule has 0 heterocycles. The lowest BCUT2D eigenvalue weighted by molar-refractivity contribution is -0.129. The molecule has 1 amide bonds. The molecule has 0 aliphatic heterocycles. The molecule has 1 unspecified atom stereocenters. The number of rotatable bonds is 5. The normalized spacial score (nSPS) is 11.7. The average Bonchev–Trinajstić information content (AvgIpc) is 2.28. The topological polar surface area (TPSA) is 70.0 Å². The fourth-order valence-corrected chi connectivity index (χ4v) is 1.73. The summed E-state index contributed by atoms with van der Waals surface area (Å²) >= 11 is 0. The Kier molecular flexibility index (Phi) is 5.25. The van der Waals surface area contributed by atoms with Crippen LogP contribution < -0.4 is 5.32 Å². The molecule has 1 aromatic rings. The first-order chi connectivity index (χ1) is 8.93. The summed E-state index contributed by atoms with van der Waals surface area (Å²) in [6.07, 6.45) is 0.236. The third-order valence-corrected chi connectivity index (χ3v) is 2.61. The Bertz CT molecular complexity index is 515. The highest BCUT2D eigenvalue weighted by Gasteiger charge is 2.26. The van der Waals surface area contributed by atoms with E-state index in [1.165, 1.54) is 0 Å². The second kappa shape index (κ2) is 6.69. The van der Waals surface area contributed by atoms with Crippen molar-refractivity contribution in [1.82, 2.24) is 0 Å². The molecule has 1 atom stereocenters. The van der Waals surface area contributed by atoms with Gasteiger partial charge in [-0.05, 0) is 30.5 Å². The monoisotopic (exact) mass is 258 g/mol. The van der Waals surface area contributed by atoms with Crippen molar-refractivity contribution in [2.75, 3.05) is 5.32 Å². The summed E-state index contributed by atoms with van der Waals surface area (Å²) in [5, 5.41) is 11.6. The van der Waals surface area contributed by atoms with Crippen molar-refractivity contribution < 1.29 is 9.59 Å². The van der Waals surface area contributed by atoms with E-state index >= 15 is 0 Å². The predicted octanol–water partition coefficient (Wildman–Crippen LogP) is 2.69. The first kappa shape index (κ1) is 14.9. The van der Waals surface area contributed by atoms with E-state index in [1.807, 2.05) is 32.9 Å². The molecule has 4 nitrogen and oxygen atoms in total.